The SMILES string of the molecule is Cc1ccccc1N=C1S/C(=C2\Sc3ccccc3N2C)C(=O)N1c1ccc(O)cc1. The van der Waals surface area contributed by atoms with Gasteiger partial charge in [0.05, 0.1) is 22.1 Å². The molecule has 1 amide bonds. The zero-order valence-corrected chi connectivity index (χ0v) is 18.6. The molecule has 2 aliphatic heterocycles. The van der Waals surface area contributed by atoms with E-state index in [-0.39, 0.29) is 11.7 Å². The van der Waals surface area contributed by atoms with Gasteiger partial charge in [-0.3, -0.25) is 9.69 Å². The van der Waals surface area contributed by atoms with Gasteiger partial charge >= 0.3 is 0 Å². The van der Waals surface area contributed by atoms with Crippen LogP contribution in [0.1, 0.15) is 5.56 Å². The van der Waals surface area contributed by atoms with Crippen LogP contribution in [-0.2, 0) is 4.79 Å². The van der Waals surface area contributed by atoms with Crippen molar-refractivity contribution in [3.63, 3.8) is 0 Å². The maximum atomic E-state index is 13.6. The number of phenols is 1. The van der Waals surface area contributed by atoms with Gasteiger partial charge < -0.3 is 10.0 Å². The van der Waals surface area contributed by atoms with Gasteiger partial charge in [-0.05, 0) is 66.7 Å². The highest BCUT2D eigenvalue weighted by atomic mass is 32.2. The monoisotopic (exact) mass is 445 g/mol. The summed E-state index contributed by atoms with van der Waals surface area (Å²) in [4.78, 5) is 23.9. The molecule has 3 aromatic rings. The molecule has 0 spiro atoms. The molecule has 5 nitrogen and oxygen atoms in total. The number of fused-ring (bicyclic) bond motifs is 1. The molecule has 0 aromatic heterocycles. The van der Waals surface area contributed by atoms with E-state index in [1.165, 1.54) is 11.8 Å². The maximum Gasteiger partial charge on any atom is 0.274 e. The number of aliphatic imine (C=N–C) groups is 1. The molecule has 0 atom stereocenters. The van der Waals surface area contributed by atoms with Crippen LogP contribution in [0, 0.1) is 6.92 Å². The largest absolute Gasteiger partial charge is 0.508 e. The molecule has 0 aliphatic carbocycles. The molecule has 154 valence electrons. The van der Waals surface area contributed by atoms with Crippen LogP contribution in [0.4, 0.5) is 17.1 Å². The predicted octanol–water partition coefficient (Wildman–Crippen LogP) is 5.88. The first-order valence-corrected chi connectivity index (χ1v) is 11.4. The average molecular weight is 446 g/mol. The Labute approximate surface area is 189 Å². The van der Waals surface area contributed by atoms with E-state index in [4.69, 9.17) is 4.99 Å². The molecule has 7 heteroatoms. The second-order valence-corrected chi connectivity index (χ2v) is 9.21. The summed E-state index contributed by atoms with van der Waals surface area (Å²) in [6.45, 7) is 2.00. The fourth-order valence-corrected chi connectivity index (χ4v) is 5.84. The van der Waals surface area contributed by atoms with E-state index in [1.807, 2.05) is 50.4 Å². The van der Waals surface area contributed by atoms with E-state index in [9.17, 15) is 9.90 Å². The molecule has 1 saturated heterocycles. The van der Waals surface area contributed by atoms with Crippen molar-refractivity contribution in [1.82, 2.24) is 0 Å². The Hall–Kier alpha value is -3.16. The number of benzene rings is 3. The lowest BCUT2D eigenvalue weighted by Crippen LogP contribution is -2.29. The van der Waals surface area contributed by atoms with Crippen molar-refractivity contribution in [1.29, 1.82) is 0 Å². The number of rotatable bonds is 2. The van der Waals surface area contributed by atoms with Gasteiger partial charge in [0.1, 0.15) is 10.7 Å². The van der Waals surface area contributed by atoms with Crippen LogP contribution >= 0.6 is 23.5 Å². The molecule has 2 heterocycles. The number of para-hydroxylation sites is 2. The first-order valence-electron chi connectivity index (χ1n) is 9.73. The number of thioether (sulfide) groups is 2. The third-order valence-corrected chi connectivity index (χ3v) is 7.55. The summed E-state index contributed by atoms with van der Waals surface area (Å²) in [6, 6.07) is 22.6. The molecule has 31 heavy (non-hydrogen) atoms. The summed E-state index contributed by atoms with van der Waals surface area (Å²) >= 11 is 2.98. The number of phenolic OH excluding ortho intramolecular Hbond substituents is 1. The summed E-state index contributed by atoms with van der Waals surface area (Å²) in [5.74, 6) is 0.0331. The predicted molar refractivity (Wildman–Crippen MR) is 129 cm³/mol. The normalized spacial score (nSPS) is 19.4. The Morgan fingerprint density at radius 2 is 1.61 bits per heavy atom. The van der Waals surface area contributed by atoms with Crippen molar-refractivity contribution in [2.75, 3.05) is 16.8 Å². The van der Waals surface area contributed by atoms with E-state index in [2.05, 4.69) is 17.0 Å². The molecule has 3 aromatic carbocycles. The lowest BCUT2D eigenvalue weighted by molar-refractivity contribution is -0.113. The first kappa shape index (κ1) is 19.8. The highest BCUT2D eigenvalue weighted by Crippen LogP contribution is 2.50. The average Bonchev–Trinajstić information content (AvgIpc) is 3.27. The lowest BCUT2D eigenvalue weighted by Gasteiger charge is -2.17. The third-order valence-electron chi connectivity index (χ3n) is 5.15. The molecule has 1 N–H and O–H groups in total. The molecule has 0 saturated carbocycles. The van der Waals surface area contributed by atoms with Crippen molar-refractivity contribution in [3.05, 3.63) is 88.3 Å². The Morgan fingerprint density at radius 1 is 0.903 bits per heavy atom. The highest BCUT2D eigenvalue weighted by Gasteiger charge is 2.40. The second-order valence-electron chi connectivity index (χ2n) is 7.20. The molecular weight excluding hydrogens is 426 g/mol. The summed E-state index contributed by atoms with van der Waals surface area (Å²) in [5, 5.41) is 11.2. The minimum Gasteiger partial charge on any atom is -0.508 e. The second kappa shape index (κ2) is 7.83. The lowest BCUT2D eigenvalue weighted by atomic mass is 10.2. The van der Waals surface area contributed by atoms with Crippen LogP contribution < -0.4 is 9.80 Å². The van der Waals surface area contributed by atoms with Gasteiger partial charge in [0, 0.05) is 11.9 Å². The summed E-state index contributed by atoms with van der Waals surface area (Å²) in [7, 11) is 1.98. The summed E-state index contributed by atoms with van der Waals surface area (Å²) < 4.78 is 0. The van der Waals surface area contributed by atoms with Gasteiger partial charge in [-0.1, -0.05) is 42.1 Å². The molecule has 0 radical (unpaired) electrons. The highest BCUT2D eigenvalue weighted by molar-refractivity contribution is 8.20. The van der Waals surface area contributed by atoms with Crippen LogP contribution in [0.5, 0.6) is 5.75 Å². The number of hydrogen-bond donors (Lipinski definition) is 1. The fourth-order valence-electron chi connectivity index (χ4n) is 3.50. The van der Waals surface area contributed by atoms with Crippen molar-refractivity contribution in [3.8, 4) is 5.75 Å². The summed E-state index contributed by atoms with van der Waals surface area (Å²) in [6.07, 6.45) is 0. The standard InChI is InChI=1S/C24H19N3O2S2/c1-15-7-3-4-8-18(15)25-24-27(16-11-13-17(28)14-12-16)22(29)21(31-24)23-26(2)19-9-5-6-10-20(19)30-23/h3-14,28H,1-2H3/b23-21-,25-24?. The zero-order valence-electron chi connectivity index (χ0n) is 16.9. The number of carbonyl (C=O) groups is 1. The smallest absolute Gasteiger partial charge is 0.274 e. The number of aryl methyl sites for hydroxylation is 1. The molecule has 2 aliphatic rings. The Morgan fingerprint density at radius 3 is 2.35 bits per heavy atom. The molecule has 1 fully saturated rings. The topological polar surface area (TPSA) is 56.1 Å². The quantitative estimate of drug-likeness (QED) is 0.499. The van der Waals surface area contributed by atoms with Gasteiger partial charge in [-0.2, -0.15) is 0 Å². The van der Waals surface area contributed by atoms with Gasteiger partial charge in [0.25, 0.3) is 5.91 Å². The number of carbonyl (C=O) groups excluding carboxylic acids is 1. The minimum atomic E-state index is -0.120. The molecule has 0 unspecified atom stereocenters. The van der Waals surface area contributed by atoms with E-state index in [1.54, 1.807) is 40.9 Å². The summed E-state index contributed by atoms with van der Waals surface area (Å²) in [5.41, 5.74) is 3.61. The maximum absolute atomic E-state index is 13.6. The van der Waals surface area contributed by atoms with E-state index >= 15 is 0 Å². The van der Waals surface area contributed by atoms with E-state index < -0.39 is 0 Å². The van der Waals surface area contributed by atoms with E-state index in [0.29, 0.717) is 15.8 Å². The fraction of sp³-hybridized carbons (Fsp3) is 0.0833. The number of hydrogen-bond acceptors (Lipinski definition) is 6. The van der Waals surface area contributed by atoms with Crippen LogP contribution in [0.15, 0.2) is 92.6 Å². The Balaban J connectivity index is 1.63. The number of nitrogens with zero attached hydrogens (tertiary/aromatic N) is 3. The van der Waals surface area contributed by atoms with Gasteiger partial charge in [0.2, 0.25) is 0 Å². The van der Waals surface area contributed by atoms with E-state index in [0.717, 1.165) is 26.9 Å². The first-order chi connectivity index (χ1) is 15.0. The number of amides is 1. The van der Waals surface area contributed by atoms with Gasteiger partial charge in [-0.25, -0.2) is 4.99 Å². The van der Waals surface area contributed by atoms with Crippen molar-refractivity contribution >= 4 is 51.7 Å². The molecule has 0 bridgehead atoms. The van der Waals surface area contributed by atoms with Crippen molar-refractivity contribution in [2.45, 2.75) is 11.8 Å². The van der Waals surface area contributed by atoms with Crippen LogP contribution in [-0.4, -0.2) is 23.2 Å². The number of amidine groups is 1. The zero-order chi connectivity index (χ0) is 21.5. The van der Waals surface area contributed by atoms with Gasteiger partial charge in [-0.15, -0.1) is 0 Å². The molecule has 5 rings (SSSR count). The Kier molecular flexibility index (Phi) is 5.00. The van der Waals surface area contributed by atoms with Crippen LogP contribution in [0.3, 0.4) is 0 Å². The minimum absolute atomic E-state index is 0.120. The number of anilines is 2. The molecular formula is C24H19N3O2S2. The third kappa shape index (κ3) is 3.49. The van der Waals surface area contributed by atoms with Crippen molar-refractivity contribution < 1.29 is 9.90 Å². The van der Waals surface area contributed by atoms with Gasteiger partial charge in [0.15, 0.2) is 5.17 Å². The van der Waals surface area contributed by atoms with Crippen LogP contribution in [0.2, 0.25) is 0 Å². The van der Waals surface area contributed by atoms with Crippen molar-refractivity contribution in [2.24, 2.45) is 4.99 Å². The number of aromatic hydroxyl groups is 1. The Bertz CT molecular complexity index is 1250. The van der Waals surface area contributed by atoms with Crippen LogP contribution in [0.25, 0.3) is 0 Å².